The van der Waals surface area contributed by atoms with Crippen molar-refractivity contribution in [1.29, 1.82) is 0 Å². The van der Waals surface area contributed by atoms with E-state index in [0.717, 1.165) is 5.56 Å². The fourth-order valence-corrected chi connectivity index (χ4v) is 2.82. The molecule has 2 aromatic rings. The fourth-order valence-electron chi connectivity index (χ4n) is 2.06. The second-order valence-electron chi connectivity index (χ2n) is 5.43. The standard InChI is InChI=1S/C17H15Cl4N3OS/c1-10-4-2-5-11(8-10)14(25)23-15(17(19,20)21)24-16(26)22-13-7-3-6-12(18)9-13/h2-9,15H,1H3,(H,23,25)(H2,22,24,26)/t15-/m0/s1. The summed E-state index contributed by atoms with van der Waals surface area (Å²) in [6.45, 7) is 1.88. The molecular weight excluding hydrogens is 436 g/mol. The first-order valence-corrected chi connectivity index (χ1v) is 9.34. The first-order valence-electron chi connectivity index (χ1n) is 7.42. The van der Waals surface area contributed by atoms with Crippen LogP contribution in [-0.4, -0.2) is 21.0 Å². The maximum atomic E-state index is 12.4. The van der Waals surface area contributed by atoms with Crippen molar-refractivity contribution in [3.05, 3.63) is 64.7 Å². The summed E-state index contributed by atoms with van der Waals surface area (Å²) in [6, 6.07) is 14.0. The lowest BCUT2D eigenvalue weighted by Crippen LogP contribution is -2.56. The lowest BCUT2D eigenvalue weighted by molar-refractivity contribution is 0.0934. The molecule has 0 saturated heterocycles. The van der Waals surface area contributed by atoms with Gasteiger partial charge in [0.05, 0.1) is 0 Å². The van der Waals surface area contributed by atoms with Gasteiger partial charge in [-0.25, -0.2) is 0 Å². The summed E-state index contributed by atoms with van der Waals surface area (Å²) >= 11 is 29.1. The van der Waals surface area contributed by atoms with Gasteiger partial charge in [0, 0.05) is 16.3 Å². The van der Waals surface area contributed by atoms with E-state index in [1.165, 1.54) is 0 Å². The molecule has 0 aliphatic carbocycles. The molecule has 0 saturated carbocycles. The molecule has 4 nitrogen and oxygen atoms in total. The van der Waals surface area contributed by atoms with Crippen LogP contribution in [0.4, 0.5) is 5.69 Å². The average molecular weight is 451 g/mol. The molecule has 138 valence electrons. The van der Waals surface area contributed by atoms with Gasteiger partial charge in [-0.05, 0) is 49.5 Å². The molecule has 0 aromatic heterocycles. The lowest BCUT2D eigenvalue weighted by Gasteiger charge is -2.27. The van der Waals surface area contributed by atoms with Gasteiger partial charge in [-0.3, -0.25) is 4.79 Å². The number of anilines is 1. The molecule has 1 amide bonds. The predicted octanol–water partition coefficient (Wildman–Crippen LogP) is 5.06. The van der Waals surface area contributed by atoms with Crippen LogP contribution in [-0.2, 0) is 0 Å². The van der Waals surface area contributed by atoms with Gasteiger partial charge in [0.1, 0.15) is 6.17 Å². The summed E-state index contributed by atoms with van der Waals surface area (Å²) in [5.74, 6) is -0.400. The number of benzene rings is 2. The van der Waals surface area contributed by atoms with Gasteiger partial charge in [0.25, 0.3) is 5.91 Å². The number of amides is 1. The molecule has 26 heavy (non-hydrogen) atoms. The molecule has 0 radical (unpaired) electrons. The maximum absolute atomic E-state index is 12.4. The largest absolute Gasteiger partial charge is 0.339 e. The number of hydrogen-bond acceptors (Lipinski definition) is 2. The predicted molar refractivity (Wildman–Crippen MR) is 114 cm³/mol. The minimum Gasteiger partial charge on any atom is -0.339 e. The first-order chi connectivity index (χ1) is 12.1. The molecule has 2 rings (SSSR count). The van der Waals surface area contributed by atoms with Gasteiger partial charge < -0.3 is 16.0 Å². The Kier molecular flexibility index (Phi) is 7.38. The van der Waals surface area contributed by atoms with Crippen molar-refractivity contribution in [2.75, 3.05) is 5.32 Å². The third-order valence-electron chi connectivity index (χ3n) is 3.24. The number of carbonyl (C=O) groups excluding carboxylic acids is 1. The van der Waals surface area contributed by atoms with Crippen LogP contribution in [0.2, 0.25) is 5.02 Å². The maximum Gasteiger partial charge on any atom is 0.252 e. The smallest absolute Gasteiger partial charge is 0.252 e. The van der Waals surface area contributed by atoms with Gasteiger partial charge in [0.2, 0.25) is 3.79 Å². The topological polar surface area (TPSA) is 53.2 Å². The Bertz CT molecular complexity index is 811. The minimum absolute atomic E-state index is 0.160. The quantitative estimate of drug-likeness (QED) is 0.346. The van der Waals surface area contributed by atoms with Gasteiger partial charge in [0.15, 0.2) is 5.11 Å². The molecule has 0 fully saturated rings. The van der Waals surface area contributed by atoms with E-state index < -0.39 is 15.9 Å². The number of hydrogen-bond donors (Lipinski definition) is 3. The zero-order valence-corrected chi connectivity index (χ0v) is 17.4. The Morgan fingerprint density at radius 2 is 1.77 bits per heavy atom. The Morgan fingerprint density at radius 1 is 1.08 bits per heavy atom. The summed E-state index contributed by atoms with van der Waals surface area (Å²) in [7, 11) is 0. The summed E-state index contributed by atoms with van der Waals surface area (Å²) in [5, 5.41) is 9.04. The van der Waals surface area contributed by atoms with Crippen LogP contribution < -0.4 is 16.0 Å². The van der Waals surface area contributed by atoms with Crippen LogP contribution >= 0.6 is 58.6 Å². The van der Waals surface area contributed by atoms with Crippen LogP contribution in [0, 0.1) is 6.92 Å². The van der Waals surface area contributed by atoms with Crippen molar-refractivity contribution in [3.8, 4) is 0 Å². The van der Waals surface area contributed by atoms with E-state index in [0.29, 0.717) is 16.3 Å². The molecule has 0 bridgehead atoms. The molecule has 0 aliphatic heterocycles. The summed E-state index contributed by atoms with van der Waals surface area (Å²) in [6.07, 6.45) is -1.06. The molecule has 0 aliphatic rings. The van der Waals surface area contributed by atoms with Crippen LogP contribution in [0.5, 0.6) is 0 Å². The lowest BCUT2D eigenvalue weighted by atomic mass is 10.1. The average Bonchev–Trinajstić information content (AvgIpc) is 2.53. The molecule has 2 aromatic carbocycles. The van der Waals surface area contributed by atoms with Gasteiger partial charge >= 0.3 is 0 Å². The number of carbonyl (C=O) groups is 1. The first kappa shape index (κ1) is 21.1. The molecule has 3 N–H and O–H groups in total. The van der Waals surface area contributed by atoms with Crippen molar-refractivity contribution in [3.63, 3.8) is 0 Å². The van der Waals surface area contributed by atoms with Crippen molar-refractivity contribution in [2.24, 2.45) is 0 Å². The molecule has 1 atom stereocenters. The number of alkyl halides is 3. The highest BCUT2D eigenvalue weighted by atomic mass is 35.6. The van der Waals surface area contributed by atoms with E-state index in [1.807, 2.05) is 13.0 Å². The third kappa shape index (κ3) is 6.49. The van der Waals surface area contributed by atoms with Crippen LogP contribution in [0.1, 0.15) is 15.9 Å². The van der Waals surface area contributed by atoms with Gasteiger partial charge in [-0.2, -0.15) is 0 Å². The molecule has 0 heterocycles. The van der Waals surface area contributed by atoms with E-state index >= 15 is 0 Å². The second-order valence-corrected chi connectivity index (χ2v) is 8.64. The van der Waals surface area contributed by atoms with Crippen molar-refractivity contribution in [1.82, 2.24) is 10.6 Å². The van der Waals surface area contributed by atoms with Crippen molar-refractivity contribution >= 4 is 75.3 Å². The van der Waals surface area contributed by atoms with E-state index in [1.54, 1.807) is 42.5 Å². The Hall–Kier alpha value is -1.24. The van der Waals surface area contributed by atoms with Crippen LogP contribution in [0.15, 0.2) is 48.5 Å². The Balaban J connectivity index is 2.07. The zero-order valence-electron chi connectivity index (χ0n) is 13.5. The highest BCUT2D eigenvalue weighted by Crippen LogP contribution is 2.29. The van der Waals surface area contributed by atoms with Gasteiger partial charge in [-0.15, -0.1) is 0 Å². The Morgan fingerprint density at radius 3 is 2.38 bits per heavy atom. The van der Waals surface area contributed by atoms with Gasteiger partial charge in [-0.1, -0.05) is 70.2 Å². The normalized spacial score (nSPS) is 12.2. The van der Waals surface area contributed by atoms with Crippen molar-refractivity contribution < 1.29 is 4.79 Å². The summed E-state index contributed by atoms with van der Waals surface area (Å²) in [4.78, 5) is 12.4. The monoisotopic (exact) mass is 449 g/mol. The van der Waals surface area contributed by atoms with E-state index in [-0.39, 0.29) is 5.11 Å². The number of aryl methyl sites for hydroxylation is 1. The molecule has 9 heteroatoms. The summed E-state index contributed by atoms with van der Waals surface area (Å²) in [5.41, 5.74) is 2.04. The number of thiocarbonyl (C=S) groups is 1. The number of nitrogens with one attached hydrogen (secondary N) is 3. The summed E-state index contributed by atoms with van der Waals surface area (Å²) < 4.78 is -1.83. The molecular formula is C17H15Cl4N3OS. The SMILES string of the molecule is Cc1cccc(C(=O)N[C@@H](NC(=S)Nc2cccc(Cl)c2)C(Cl)(Cl)Cl)c1. The number of rotatable bonds is 4. The van der Waals surface area contributed by atoms with Crippen LogP contribution in [0.3, 0.4) is 0 Å². The van der Waals surface area contributed by atoms with E-state index in [2.05, 4.69) is 16.0 Å². The second kappa shape index (κ2) is 9.11. The molecule has 0 spiro atoms. The Labute approximate surface area is 177 Å². The van der Waals surface area contributed by atoms with Crippen LogP contribution in [0.25, 0.3) is 0 Å². The third-order valence-corrected chi connectivity index (χ3v) is 4.35. The highest BCUT2D eigenvalue weighted by Gasteiger charge is 2.34. The van der Waals surface area contributed by atoms with Crippen molar-refractivity contribution in [2.45, 2.75) is 16.9 Å². The number of halogens is 4. The minimum atomic E-state index is -1.83. The van der Waals surface area contributed by atoms with E-state index in [9.17, 15) is 4.79 Å². The van der Waals surface area contributed by atoms with E-state index in [4.69, 9.17) is 58.6 Å². The zero-order chi connectivity index (χ0) is 19.3. The highest BCUT2D eigenvalue weighted by molar-refractivity contribution is 7.80. The molecule has 0 unspecified atom stereocenters. The fraction of sp³-hybridized carbons (Fsp3) is 0.176.